The molecular formula is C3H8N2O2. The first-order chi connectivity index (χ1) is 3.27. The zero-order valence-corrected chi connectivity index (χ0v) is 4.10. The van der Waals surface area contributed by atoms with Gasteiger partial charge in [0.15, 0.2) is 0 Å². The molecule has 0 bridgehead atoms. The van der Waals surface area contributed by atoms with E-state index in [2.05, 4.69) is 15.8 Å². The Labute approximate surface area is 41.6 Å². The summed E-state index contributed by atoms with van der Waals surface area (Å²) in [6.45, 7) is 0.176. The SMILES string of the molecule is CNCOC(N)=O. The maximum absolute atomic E-state index is 9.72. The molecule has 0 unspecified atom stereocenters. The van der Waals surface area contributed by atoms with Crippen LogP contribution in [-0.4, -0.2) is 19.9 Å². The highest BCUT2D eigenvalue weighted by Gasteiger charge is 1.85. The molecule has 0 rings (SSSR count). The van der Waals surface area contributed by atoms with E-state index in [-0.39, 0.29) is 6.73 Å². The molecule has 1 amide bonds. The van der Waals surface area contributed by atoms with Crippen molar-refractivity contribution in [3.05, 3.63) is 0 Å². The fourth-order valence-electron chi connectivity index (χ4n) is 0.143. The molecule has 0 atom stereocenters. The van der Waals surface area contributed by atoms with E-state index in [1.807, 2.05) is 0 Å². The molecule has 0 aliphatic rings. The van der Waals surface area contributed by atoms with Gasteiger partial charge in [0.2, 0.25) is 0 Å². The van der Waals surface area contributed by atoms with Crippen LogP contribution < -0.4 is 11.1 Å². The molecular weight excluding hydrogens is 96.0 g/mol. The second kappa shape index (κ2) is 3.42. The molecule has 0 radical (unpaired) electrons. The van der Waals surface area contributed by atoms with Crippen molar-refractivity contribution in [3.8, 4) is 0 Å². The number of rotatable bonds is 2. The maximum atomic E-state index is 9.72. The van der Waals surface area contributed by atoms with Gasteiger partial charge in [-0.05, 0) is 7.05 Å². The van der Waals surface area contributed by atoms with Crippen molar-refractivity contribution < 1.29 is 9.53 Å². The maximum Gasteiger partial charge on any atom is 0.405 e. The summed E-state index contributed by atoms with van der Waals surface area (Å²) in [5.41, 5.74) is 4.58. The van der Waals surface area contributed by atoms with Crippen molar-refractivity contribution in [2.45, 2.75) is 0 Å². The van der Waals surface area contributed by atoms with Crippen LogP contribution in [0.25, 0.3) is 0 Å². The van der Waals surface area contributed by atoms with E-state index in [9.17, 15) is 4.79 Å². The summed E-state index contributed by atoms with van der Waals surface area (Å²) in [6, 6.07) is 0. The number of amides is 1. The summed E-state index contributed by atoms with van der Waals surface area (Å²) >= 11 is 0. The number of primary amides is 1. The normalized spacial score (nSPS) is 8.14. The largest absolute Gasteiger partial charge is 0.434 e. The van der Waals surface area contributed by atoms with E-state index in [0.29, 0.717) is 0 Å². The Bertz CT molecular complexity index is 64.0. The minimum absolute atomic E-state index is 0.176. The van der Waals surface area contributed by atoms with Crippen LogP contribution in [-0.2, 0) is 4.74 Å². The van der Waals surface area contributed by atoms with E-state index in [1.54, 1.807) is 7.05 Å². The summed E-state index contributed by atoms with van der Waals surface area (Å²) in [5, 5.41) is 2.58. The number of nitrogens with one attached hydrogen (secondary N) is 1. The van der Waals surface area contributed by atoms with Gasteiger partial charge in [-0.3, -0.25) is 5.32 Å². The lowest BCUT2D eigenvalue weighted by Gasteiger charge is -1.95. The summed E-state index contributed by atoms with van der Waals surface area (Å²) < 4.78 is 4.22. The van der Waals surface area contributed by atoms with E-state index in [1.165, 1.54) is 0 Å². The van der Waals surface area contributed by atoms with E-state index in [0.717, 1.165) is 0 Å². The van der Waals surface area contributed by atoms with Crippen molar-refractivity contribution in [2.24, 2.45) is 5.73 Å². The second-order valence-corrected chi connectivity index (χ2v) is 0.961. The monoisotopic (exact) mass is 104 g/mol. The van der Waals surface area contributed by atoms with Crippen LogP contribution in [0.5, 0.6) is 0 Å². The molecule has 4 nitrogen and oxygen atoms in total. The molecule has 4 heteroatoms. The number of carbonyl (C=O) groups is 1. The Balaban J connectivity index is 2.82. The Morgan fingerprint density at radius 1 is 2.00 bits per heavy atom. The second-order valence-electron chi connectivity index (χ2n) is 0.961. The van der Waals surface area contributed by atoms with Crippen LogP contribution in [0.15, 0.2) is 0 Å². The zero-order valence-electron chi connectivity index (χ0n) is 4.10. The summed E-state index contributed by atoms with van der Waals surface area (Å²) in [6.07, 6.45) is -0.755. The Morgan fingerprint density at radius 3 is 2.71 bits per heavy atom. The van der Waals surface area contributed by atoms with Gasteiger partial charge in [-0.15, -0.1) is 0 Å². The quantitative estimate of drug-likeness (QED) is 0.453. The number of hydrogen-bond donors (Lipinski definition) is 2. The summed E-state index contributed by atoms with van der Waals surface area (Å²) in [7, 11) is 1.66. The van der Waals surface area contributed by atoms with Gasteiger partial charge in [0.25, 0.3) is 0 Å². The topological polar surface area (TPSA) is 64.3 Å². The van der Waals surface area contributed by atoms with Crippen LogP contribution >= 0.6 is 0 Å². The van der Waals surface area contributed by atoms with Gasteiger partial charge >= 0.3 is 6.09 Å². The molecule has 7 heavy (non-hydrogen) atoms. The number of hydrogen-bond acceptors (Lipinski definition) is 3. The zero-order chi connectivity index (χ0) is 5.70. The summed E-state index contributed by atoms with van der Waals surface area (Å²) in [5.74, 6) is 0. The van der Waals surface area contributed by atoms with Gasteiger partial charge < -0.3 is 10.5 Å². The Hall–Kier alpha value is -0.770. The van der Waals surface area contributed by atoms with Gasteiger partial charge in [0.1, 0.15) is 6.73 Å². The molecule has 0 aromatic heterocycles. The average molecular weight is 104 g/mol. The van der Waals surface area contributed by atoms with Gasteiger partial charge in [-0.2, -0.15) is 0 Å². The molecule has 0 aromatic rings. The van der Waals surface area contributed by atoms with Gasteiger partial charge in [-0.1, -0.05) is 0 Å². The van der Waals surface area contributed by atoms with Crippen LogP contribution in [0.1, 0.15) is 0 Å². The molecule has 3 N–H and O–H groups in total. The van der Waals surface area contributed by atoms with E-state index in [4.69, 9.17) is 0 Å². The van der Waals surface area contributed by atoms with Crippen molar-refractivity contribution in [3.63, 3.8) is 0 Å². The van der Waals surface area contributed by atoms with Crippen LogP contribution in [0.3, 0.4) is 0 Å². The fraction of sp³-hybridized carbons (Fsp3) is 0.667. The first-order valence-corrected chi connectivity index (χ1v) is 1.84. The highest BCUT2D eigenvalue weighted by Crippen LogP contribution is 1.63. The highest BCUT2D eigenvalue weighted by atomic mass is 16.6. The molecule has 0 saturated carbocycles. The Morgan fingerprint density at radius 2 is 2.57 bits per heavy atom. The Kier molecular flexibility index (Phi) is 3.04. The van der Waals surface area contributed by atoms with Crippen LogP contribution in [0.4, 0.5) is 4.79 Å². The molecule has 0 aromatic carbocycles. The molecule has 0 spiro atoms. The molecule has 0 fully saturated rings. The number of nitrogens with two attached hydrogens (primary N) is 1. The standard InChI is InChI=1S/C3H8N2O2/c1-5-2-7-3(4)6/h5H,2H2,1H3,(H2,4,6). The molecule has 0 heterocycles. The average Bonchev–Trinajstić information content (AvgIpc) is 1.61. The van der Waals surface area contributed by atoms with Crippen molar-refractivity contribution in [2.75, 3.05) is 13.8 Å². The van der Waals surface area contributed by atoms with Gasteiger partial charge in [-0.25, -0.2) is 4.79 Å². The smallest absolute Gasteiger partial charge is 0.405 e. The minimum Gasteiger partial charge on any atom is -0.434 e. The first kappa shape index (κ1) is 6.23. The minimum atomic E-state index is -0.755. The number of ether oxygens (including phenoxy) is 1. The third kappa shape index (κ3) is 5.23. The lowest BCUT2D eigenvalue weighted by Crippen LogP contribution is -2.20. The van der Waals surface area contributed by atoms with Crippen molar-refractivity contribution in [1.82, 2.24) is 5.32 Å². The van der Waals surface area contributed by atoms with Crippen LogP contribution in [0.2, 0.25) is 0 Å². The third-order valence-electron chi connectivity index (χ3n) is 0.359. The molecule has 0 aliphatic heterocycles. The highest BCUT2D eigenvalue weighted by molar-refractivity contribution is 5.64. The lowest BCUT2D eigenvalue weighted by atomic mass is 11.1. The van der Waals surface area contributed by atoms with Crippen molar-refractivity contribution in [1.29, 1.82) is 0 Å². The predicted octanol–water partition coefficient (Wildman–Crippen LogP) is -0.741. The van der Waals surface area contributed by atoms with Crippen LogP contribution in [0, 0.1) is 0 Å². The lowest BCUT2D eigenvalue weighted by molar-refractivity contribution is 0.150. The molecule has 0 aliphatic carbocycles. The van der Waals surface area contributed by atoms with Gasteiger partial charge in [0, 0.05) is 0 Å². The molecule has 0 saturated heterocycles. The summed E-state index contributed by atoms with van der Waals surface area (Å²) in [4.78, 5) is 9.72. The fourth-order valence-corrected chi connectivity index (χ4v) is 0.143. The first-order valence-electron chi connectivity index (χ1n) is 1.84. The van der Waals surface area contributed by atoms with Crippen molar-refractivity contribution >= 4 is 6.09 Å². The molecule has 42 valence electrons. The number of carbonyl (C=O) groups excluding carboxylic acids is 1. The van der Waals surface area contributed by atoms with E-state index < -0.39 is 6.09 Å². The third-order valence-corrected chi connectivity index (χ3v) is 0.359. The van der Waals surface area contributed by atoms with E-state index >= 15 is 0 Å². The predicted molar refractivity (Wildman–Crippen MR) is 24.6 cm³/mol. The van der Waals surface area contributed by atoms with Gasteiger partial charge in [0.05, 0.1) is 0 Å².